The lowest BCUT2D eigenvalue weighted by Crippen LogP contribution is -2.14. The van der Waals surface area contributed by atoms with E-state index >= 15 is 0 Å². The molecule has 2 rings (SSSR count). The third-order valence-electron chi connectivity index (χ3n) is 3.39. The van der Waals surface area contributed by atoms with E-state index in [2.05, 4.69) is 10.0 Å². The molecule has 0 aliphatic rings. The molecule has 24 heavy (non-hydrogen) atoms. The fourth-order valence-electron chi connectivity index (χ4n) is 2.23. The van der Waals surface area contributed by atoms with Gasteiger partial charge in [-0.25, -0.2) is 8.42 Å². The monoisotopic (exact) mass is 348 g/mol. The highest BCUT2D eigenvalue weighted by Crippen LogP contribution is 2.26. The molecule has 0 atom stereocenters. The van der Waals surface area contributed by atoms with E-state index in [1.54, 1.807) is 31.2 Å². The molecule has 2 N–H and O–H groups in total. The minimum atomic E-state index is -3.36. The molecule has 0 aliphatic carbocycles. The van der Waals surface area contributed by atoms with E-state index in [0.29, 0.717) is 28.3 Å². The maximum Gasteiger partial charge on any atom is 0.255 e. The smallest absolute Gasteiger partial charge is 0.255 e. The Morgan fingerprint density at radius 3 is 2.33 bits per heavy atom. The van der Waals surface area contributed by atoms with Crippen LogP contribution in [0.1, 0.15) is 21.5 Å². The molecule has 0 heterocycles. The van der Waals surface area contributed by atoms with E-state index in [1.165, 1.54) is 7.11 Å². The highest BCUT2D eigenvalue weighted by atomic mass is 32.2. The molecule has 0 saturated heterocycles. The number of nitrogens with one attached hydrogen (secondary N) is 2. The van der Waals surface area contributed by atoms with Crippen molar-refractivity contribution < 1.29 is 17.9 Å². The molecule has 0 unspecified atom stereocenters. The Morgan fingerprint density at radius 2 is 1.75 bits per heavy atom. The van der Waals surface area contributed by atoms with Crippen LogP contribution >= 0.6 is 0 Å². The van der Waals surface area contributed by atoms with E-state index in [1.807, 2.05) is 19.1 Å². The molecule has 2 aromatic carbocycles. The van der Waals surface area contributed by atoms with Crippen LogP contribution in [0.4, 0.5) is 11.4 Å². The van der Waals surface area contributed by atoms with Crippen LogP contribution in [0, 0.1) is 13.8 Å². The molecular formula is C17H20N2O4S. The average molecular weight is 348 g/mol. The van der Waals surface area contributed by atoms with Gasteiger partial charge in [-0.1, -0.05) is 6.07 Å². The summed E-state index contributed by atoms with van der Waals surface area (Å²) < 4.78 is 30.3. The SMILES string of the molecule is COc1ccc(C)cc1NC(=O)c1ccc(NS(C)(=O)=O)c(C)c1. The Kier molecular flexibility index (Phi) is 5.14. The lowest BCUT2D eigenvalue weighted by molar-refractivity contribution is 0.102. The van der Waals surface area contributed by atoms with E-state index < -0.39 is 10.0 Å². The normalized spacial score (nSPS) is 11.0. The highest BCUT2D eigenvalue weighted by Gasteiger charge is 2.12. The zero-order valence-corrected chi connectivity index (χ0v) is 14.8. The number of hydrogen-bond acceptors (Lipinski definition) is 4. The quantitative estimate of drug-likeness (QED) is 0.870. The van der Waals surface area contributed by atoms with Crippen LogP contribution in [-0.4, -0.2) is 27.7 Å². The van der Waals surface area contributed by atoms with Crippen LogP contribution in [0.25, 0.3) is 0 Å². The summed E-state index contributed by atoms with van der Waals surface area (Å²) in [5.74, 6) is 0.272. The minimum absolute atomic E-state index is 0.298. The number of benzene rings is 2. The molecule has 0 bridgehead atoms. The first-order valence-corrected chi connectivity index (χ1v) is 9.13. The Labute approximate surface area is 141 Å². The maximum atomic E-state index is 12.4. The van der Waals surface area contributed by atoms with Gasteiger partial charge in [-0.2, -0.15) is 0 Å². The second-order valence-corrected chi connectivity index (χ2v) is 7.31. The van der Waals surface area contributed by atoms with Crippen molar-refractivity contribution >= 4 is 27.3 Å². The molecular weight excluding hydrogens is 328 g/mol. The molecule has 6 nitrogen and oxygen atoms in total. The summed E-state index contributed by atoms with van der Waals surface area (Å²) in [4.78, 5) is 12.4. The molecule has 0 spiro atoms. The van der Waals surface area contributed by atoms with Crippen LogP contribution < -0.4 is 14.8 Å². The number of anilines is 2. The van der Waals surface area contributed by atoms with Crippen molar-refractivity contribution in [2.75, 3.05) is 23.4 Å². The lowest BCUT2D eigenvalue weighted by atomic mass is 10.1. The predicted octanol–water partition coefficient (Wildman–Crippen LogP) is 2.94. The van der Waals surface area contributed by atoms with Crippen molar-refractivity contribution in [3.63, 3.8) is 0 Å². The van der Waals surface area contributed by atoms with Crippen molar-refractivity contribution in [2.45, 2.75) is 13.8 Å². The van der Waals surface area contributed by atoms with Crippen molar-refractivity contribution in [3.8, 4) is 5.75 Å². The summed E-state index contributed by atoms with van der Waals surface area (Å²) in [5.41, 5.74) is 3.11. The van der Waals surface area contributed by atoms with Gasteiger partial charge in [-0.15, -0.1) is 0 Å². The van der Waals surface area contributed by atoms with Gasteiger partial charge in [0.05, 0.1) is 24.7 Å². The molecule has 0 aliphatic heterocycles. The van der Waals surface area contributed by atoms with Gasteiger partial charge in [0.15, 0.2) is 0 Å². The van der Waals surface area contributed by atoms with E-state index in [0.717, 1.165) is 11.8 Å². The standard InChI is InChI=1S/C17H20N2O4S/c1-11-5-8-16(23-3)15(9-11)18-17(20)13-6-7-14(12(2)10-13)19-24(4,21)22/h5-10,19H,1-4H3,(H,18,20). The molecule has 0 saturated carbocycles. The number of amides is 1. The van der Waals surface area contributed by atoms with Crippen LogP contribution in [-0.2, 0) is 10.0 Å². The summed E-state index contributed by atoms with van der Waals surface area (Å²) in [7, 11) is -1.82. The van der Waals surface area contributed by atoms with Crippen molar-refractivity contribution in [1.29, 1.82) is 0 Å². The van der Waals surface area contributed by atoms with Crippen molar-refractivity contribution in [2.24, 2.45) is 0 Å². The Bertz CT molecular complexity index is 876. The first-order chi connectivity index (χ1) is 11.2. The van der Waals surface area contributed by atoms with Gasteiger partial charge in [-0.3, -0.25) is 9.52 Å². The van der Waals surface area contributed by atoms with Gasteiger partial charge in [0.1, 0.15) is 5.75 Å². The number of carbonyl (C=O) groups excluding carboxylic acids is 1. The summed E-state index contributed by atoms with van der Waals surface area (Å²) in [6, 6.07) is 10.3. The van der Waals surface area contributed by atoms with Crippen LogP contribution in [0.3, 0.4) is 0 Å². The van der Waals surface area contributed by atoms with Crippen LogP contribution in [0.2, 0.25) is 0 Å². The Balaban J connectivity index is 2.25. The fourth-order valence-corrected chi connectivity index (χ4v) is 2.86. The first-order valence-electron chi connectivity index (χ1n) is 7.24. The molecule has 128 valence electrons. The van der Waals surface area contributed by atoms with E-state index in [4.69, 9.17) is 4.74 Å². The summed E-state index contributed by atoms with van der Waals surface area (Å²) in [5, 5.41) is 2.81. The molecule has 2 aromatic rings. The summed E-state index contributed by atoms with van der Waals surface area (Å²) in [6.07, 6.45) is 1.08. The van der Waals surface area contributed by atoms with Gasteiger partial charge < -0.3 is 10.1 Å². The fraction of sp³-hybridized carbons (Fsp3) is 0.235. The number of rotatable bonds is 5. The topological polar surface area (TPSA) is 84.5 Å². The van der Waals surface area contributed by atoms with E-state index in [-0.39, 0.29) is 5.91 Å². The number of ether oxygens (including phenoxy) is 1. The van der Waals surface area contributed by atoms with Gasteiger partial charge >= 0.3 is 0 Å². The molecule has 1 amide bonds. The number of sulfonamides is 1. The summed E-state index contributed by atoms with van der Waals surface area (Å²) >= 11 is 0. The first kappa shape index (κ1) is 17.8. The Morgan fingerprint density at radius 1 is 1.04 bits per heavy atom. The highest BCUT2D eigenvalue weighted by molar-refractivity contribution is 7.92. The number of aryl methyl sites for hydroxylation is 2. The van der Waals surface area contributed by atoms with Crippen LogP contribution in [0.15, 0.2) is 36.4 Å². The molecule has 0 aromatic heterocycles. The predicted molar refractivity (Wildman–Crippen MR) is 95.3 cm³/mol. The Hall–Kier alpha value is -2.54. The van der Waals surface area contributed by atoms with E-state index in [9.17, 15) is 13.2 Å². The molecule has 7 heteroatoms. The zero-order valence-electron chi connectivity index (χ0n) is 14.0. The number of methoxy groups -OCH3 is 1. The minimum Gasteiger partial charge on any atom is -0.495 e. The van der Waals surface area contributed by atoms with Gasteiger partial charge in [-0.05, 0) is 55.3 Å². The molecule has 0 fully saturated rings. The van der Waals surface area contributed by atoms with Gasteiger partial charge in [0.25, 0.3) is 5.91 Å². The number of carbonyl (C=O) groups is 1. The van der Waals surface area contributed by atoms with Gasteiger partial charge in [0.2, 0.25) is 10.0 Å². The zero-order chi connectivity index (χ0) is 17.9. The number of hydrogen-bond donors (Lipinski definition) is 2. The summed E-state index contributed by atoms with van der Waals surface area (Å²) in [6.45, 7) is 3.66. The van der Waals surface area contributed by atoms with Crippen LogP contribution in [0.5, 0.6) is 5.75 Å². The second-order valence-electron chi connectivity index (χ2n) is 5.56. The average Bonchev–Trinajstić information content (AvgIpc) is 2.48. The third kappa shape index (κ3) is 4.48. The van der Waals surface area contributed by atoms with Gasteiger partial charge in [0, 0.05) is 5.56 Å². The molecule has 0 radical (unpaired) electrons. The van der Waals surface area contributed by atoms with Crippen molar-refractivity contribution in [1.82, 2.24) is 0 Å². The second kappa shape index (κ2) is 6.92. The maximum absolute atomic E-state index is 12.4. The third-order valence-corrected chi connectivity index (χ3v) is 3.98. The largest absolute Gasteiger partial charge is 0.495 e. The lowest BCUT2D eigenvalue weighted by Gasteiger charge is -2.12. The van der Waals surface area contributed by atoms with Crippen molar-refractivity contribution in [3.05, 3.63) is 53.1 Å².